The van der Waals surface area contributed by atoms with E-state index in [1.54, 1.807) is 0 Å². The Morgan fingerprint density at radius 2 is 0.548 bits per heavy atom. The molecule has 62 heavy (non-hydrogen) atoms. The molecule has 0 N–H and O–H groups in total. The van der Waals surface area contributed by atoms with Crippen molar-refractivity contribution < 1.29 is 0 Å². The van der Waals surface area contributed by atoms with Gasteiger partial charge >= 0.3 is 0 Å². The van der Waals surface area contributed by atoms with Crippen LogP contribution < -0.4 is 4.90 Å². The molecule has 0 radical (unpaired) electrons. The lowest BCUT2D eigenvalue weighted by molar-refractivity contribution is 1.29. The van der Waals surface area contributed by atoms with Gasteiger partial charge in [0.05, 0.1) is 0 Å². The van der Waals surface area contributed by atoms with Gasteiger partial charge < -0.3 is 4.90 Å². The first-order valence-electron chi connectivity index (χ1n) is 21.2. The molecular weight excluding hydrogens is 767 g/mol. The van der Waals surface area contributed by atoms with Crippen LogP contribution in [0.25, 0.3) is 86.9 Å². The number of fused-ring (bicyclic) bond motifs is 3. The average molecular weight is 808 g/mol. The summed E-state index contributed by atoms with van der Waals surface area (Å²) in [5.41, 5.74) is 17.8. The predicted molar refractivity (Wildman–Crippen MR) is 267 cm³/mol. The van der Waals surface area contributed by atoms with Gasteiger partial charge in [0.25, 0.3) is 0 Å². The monoisotopic (exact) mass is 807 g/mol. The fraction of sp³-hybridized carbons (Fsp3) is 0. The Hall–Kier alpha value is -7.78. The van der Waals surface area contributed by atoms with Gasteiger partial charge in [-0.05, 0) is 115 Å². The minimum Gasteiger partial charge on any atom is -0.310 e. The maximum Gasteiger partial charge on any atom is 0.0468 e. The van der Waals surface area contributed by atoms with E-state index in [1.807, 2.05) is 11.3 Å². The van der Waals surface area contributed by atoms with Crippen LogP contribution in [0, 0.1) is 0 Å². The molecule has 0 aliphatic heterocycles. The largest absolute Gasteiger partial charge is 0.310 e. The summed E-state index contributed by atoms with van der Waals surface area (Å²) in [6.07, 6.45) is 0. The number of thiophene rings is 1. The first-order chi connectivity index (χ1) is 30.8. The fourth-order valence-corrected chi connectivity index (χ4v) is 10.1. The maximum atomic E-state index is 2.40. The van der Waals surface area contributed by atoms with Crippen molar-refractivity contribution in [1.29, 1.82) is 0 Å². The number of anilines is 3. The normalized spacial score (nSPS) is 11.2. The summed E-state index contributed by atoms with van der Waals surface area (Å²) in [4.78, 5) is 2.40. The van der Waals surface area contributed by atoms with Crippen molar-refractivity contribution in [3.63, 3.8) is 0 Å². The Morgan fingerprint density at radius 3 is 0.984 bits per heavy atom. The van der Waals surface area contributed by atoms with Crippen LogP contribution in [-0.2, 0) is 0 Å². The molecule has 0 amide bonds. The van der Waals surface area contributed by atoms with E-state index in [1.165, 1.54) is 86.9 Å². The quantitative estimate of drug-likeness (QED) is 0.140. The third kappa shape index (κ3) is 6.97. The van der Waals surface area contributed by atoms with E-state index in [4.69, 9.17) is 0 Å². The highest BCUT2D eigenvalue weighted by molar-refractivity contribution is 7.25. The highest BCUT2D eigenvalue weighted by Crippen LogP contribution is 2.44. The molecule has 0 spiro atoms. The summed E-state index contributed by atoms with van der Waals surface area (Å²) in [6, 6.07) is 90.2. The zero-order valence-corrected chi connectivity index (χ0v) is 34.8. The van der Waals surface area contributed by atoms with Crippen LogP contribution in [0.5, 0.6) is 0 Å². The number of nitrogens with zero attached hydrogens (tertiary/aromatic N) is 1. The smallest absolute Gasteiger partial charge is 0.0468 e. The summed E-state index contributed by atoms with van der Waals surface area (Å²) in [5.74, 6) is 0. The molecule has 1 nitrogen and oxygen atoms in total. The van der Waals surface area contributed by atoms with Gasteiger partial charge in [0, 0.05) is 37.2 Å². The first-order valence-corrected chi connectivity index (χ1v) is 22.0. The molecule has 0 atom stereocenters. The van der Waals surface area contributed by atoms with E-state index in [0.717, 1.165) is 17.1 Å². The van der Waals surface area contributed by atoms with Crippen molar-refractivity contribution in [1.82, 2.24) is 0 Å². The van der Waals surface area contributed by atoms with Crippen LogP contribution in [0.4, 0.5) is 17.1 Å². The van der Waals surface area contributed by atoms with E-state index in [2.05, 4.69) is 254 Å². The van der Waals surface area contributed by atoms with E-state index in [0.29, 0.717) is 0 Å². The summed E-state index contributed by atoms with van der Waals surface area (Å²) < 4.78 is 2.60. The molecule has 1 aromatic heterocycles. The molecule has 2 heteroatoms. The van der Waals surface area contributed by atoms with Gasteiger partial charge in [-0.25, -0.2) is 0 Å². The van der Waals surface area contributed by atoms with Gasteiger partial charge in [-0.15, -0.1) is 11.3 Å². The second-order valence-electron chi connectivity index (χ2n) is 15.6. The molecule has 0 fully saturated rings. The summed E-state index contributed by atoms with van der Waals surface area (Å²) in [6.45, 7) is 0. The van der Waals surface area contributed by atoms with Gasteiger partial charge in [-0.1, -0.05) is 200 Å². The van der Waals surface area contributed by atoms with Crippen LogP contribution in [0.3, 0.4) is 0 Å². The molecular formula is C60H41NS. The number of benzene rings is 10. The van der Waals surface area contributed by atoms with E-state index in [-0.39, 0.29) is 0 Å². The van der Waals surface area contributed by atoms with Crippen LogP contribution in [0.15, 0.2) is 249 Å². The topological polar surface area (TPSA) is 3.24 Å². The summed E-state index contributed by atoms with van der Waals surface area (Å²) in [5, 5.41) is 2.57. The molecule has 11 rings (SSSR count). The number of hydrogen-bond acceptors (Lipinski definition) is 2. The number of hydrogen-bond donors (Lipinski definition) is 0. The van der Waals surface area contributed by atoms with Crippen molar-refractivity contribution in [2.75, 3.05) is 4.90 Å². The number of rotatable bonds is 9. The zero-order valence-electron chi connectivity index (χ0n) is 34.0. The van der Waals surface area contributed by atoms with E-state index < -0.39 is 0 Å². The first kappa shape index (κ1) is 37.2. The molecule has 1 heterocycles. The van der Waals surface area contributed by atoms with Gasteiger partial charge in [-0.2, -0.15) is 0 Å². The lowest BCUT2D eigenvalue weighted by Crippen LogP contribution is -2.09. The Bertz CT molecular complexity index is 3160. The SMILES string of the molecule is c1ccc(-c2ccccc2-c2ccccc2-c2ccc(N(c3ccc(-c4ccccc4-c4ccccc4-c4ccccc4)cc3)c3ccc4sc5ccccc5c4c3)cc2)cc1. The van der Waals surface area contributed by atoms with Crippen molar-refractivity contribution in [3.05, 3.63) is 249 Å². The minimum atomic E-state index is 1.10. The predicted octanol–water partition coefficient (Wildman–Crippen LogP) is 17.5. The van der Waals surface area contributed by atoms with Crippen LogP contribution in [0.2, 0.25) is 0 Å². The van der Waals surface area contributed by atoms with Crippen LogP contribution in [-0.4, -0.2) is 0 Å². The lowest BCUT2D eigenvalue weighted by Gasteiger charge is -2.26. The van der Waals surface area contributed by atoms with Crippen LogP contribution in [0.1, 0.15) is 0 Å². The van der Waals surface area contributed by atoms with Gasteiger partial charge in [0.1, 0.15) is 0 Å². The third-order valence-corrected chi connectivity index (χ3v) is 13.1. The Labute approximate surface area is 367 Å². The summed E-state index contributed by atoms with van der Waals surface area (Å²) >= 11 is 1.85. The van der Waals surface area contributed by atoms with Crippen molar-refractivity contribution >= 4 is 48.6 Å². The highest BCUT2D eigenvalue weighted by atomic mass is 32.1. The maximum absolute atomic E-state index is 2.40. The van der Waals surface area contributed by atoms with Crippen molar-refractivity contribution in [3.8, 4) is 66.8 Å². The standard InChI is InChI=1S/C60H41NS/c1-3-17-42(18-4-1)49-21-7-11-25-53(49)55-27-13-9-23-51(55)44-31-35-46(36-32-44)61(48-39-40-60-58(41-48)57-29-15-16-30-59(57)62-60)47-37-33-45(34-38-47)52-24-10-14-28-56(52)54-26-12-8-22-50(54)43-19-5-2-6-20-43/h1-41H. The molecule has 11 aromatic rings. The minimum absolute atomic E-state index is 1.10. The molecule has 0 saturated heterocycles. The fourth-order valence-electron chi connectivity index (χ4n) is 8.99. The van der Waals surface area contributed by atoms with Gasteiger partial charge in [0.2, 0.25) is 0 Å². The summed E-state index contributed by atoms with van der Waals surface area (Å²) in [7, 11) is 0. The van der Waals surface area contributed by atoms with E-state index in [9.17, 15) is 0 Å². The lowest BCUT2D eigenvalue weighted by atomic mass is 9.89. The highest BCUT2D eigenvalue weighted by Gasteiger charge is 2.18. The molecule has 0 unspecified atom stereocenters. The van der Waals surface area contributed by atoms with E-state index >= 15 is 0 Å². The van der Waals surface area contributed by atoms with Gasteiger partial charge in [0.15, 0.2) is 0 Å². The zero-order chi connectivity index (χ0) is 41.2. The van der Waals surface area contributed by atoms with Crippen LogP contribution >= 0.6 is 11.3 Å². The second kappa shape index (κ2) is 16.3. The average Bonchev–Trinajstić information content (AvgIpc) is 3.73. The Kier molecular flexibility index (Phi) is 9.82. The second-order valence-corrected chi connectivity index (χ2v) is 16.7. The molecule has 0 bridgehead atoms. The Balaban J connectivity index is 1.00. The molecule has 292 valence electrons. The Morgan fingerprint density at radius 1 is 0.226 bits per heavy atom. The van der Waals surface area contributed by atoms with Gasteiger partial charge in [-0.3, -0.25) is 0 Å². The van der Waals surface area contributed by atoms with Crippen molar-refractivity contribution in [2.24, 2.45) is 0 Å². The molecule has 0 saturated carbocycles. The van der Waals surface area contributed by atoms with Crippen molar-refractivity contribution in [2.45, 2.75) is 0 Å². The molecule has 0 aliphatic carbocycles. The molecule has 10 aromatic carbocycles. The third-order valence-electron chi connectivity index (χ3n) is 11.9. The molecule has 0 aliphatic rings.